The number of nitrogens with zero attached hydrogens (tertiary/aromatic N) is 2. The molecule has 1 aromatic heterocycles. The molecule has 0 spiro atoms. The van der Waals surface area contributed by atoms with Crippen LogP contribution in [0.25, 0.3) is 10.9 Å². The standard InChI is InChI=1S/C15H21N3O2S/c1-16-11-12-10-15(18(2)8-9-21(3,19)20)17-14-7-5-4-6-13(12)14/h4-7,10,16H,8-9,11H2,1-3H3. The van der Waals surface area contributed by atoms with Crippen LogP contribution in [-0.4, -0.2) is 46.1 Å². The number of hydrogen-bond donors (Lipinski definition) is 1. The molecule has 0 atom stereocenters. The molecule has 0 bridgehead atoms. The number of anilines is 1. The lowest BCUT2D eigenvalue weighted by Crippen LogP contribution is -2.26. The normalized spacial score (nSPS) is 11.8. The van der Waals surface area contributed by atoms with E-state index in [0.717, 1.165) is 28.8 Å². The van der Waals surface area contributed by atoms with Crippen molar-refractivity contribution in [3.8, 4) is 0 Å². The number of hydrogen-bond acceptors (Lipinski definition) is 5. The van der Waals surface area contributed by atoms with E-state index in [9.17, 15) is 8.42 Å². The van der Waals surface area contributed by atoms with Crippen molar-refractivity contribution in [3.05, 3.63) is 35.9 Å². The fourth-order valence-electron chi connectivity index (χ4n) is 2.18. The highest BCUT2D eigenvalue weighted by molar-refractivity contribution is 7.90. The van der Waals surface area contributed by atoms with Crippen molar-refractivity contribution in [2.75, 3.05) is 37.5 Å². The second kappa shape index (κ2) is 6.41. The van der Waals surface area contributed by atoms with E-state index in [4.69, 9.17) is 0 Å². The Kier molecular flexibility index (Phi) is 4.80. The lowest BCUT2D eigenvalue weighted by molar-refractivity contribution is 0.601. The molecular weight excluding hydrogens is 286 g/mol. The molecule has 114 valence electrons. The van der Waals surface area contributed by atoms with Crippen LogP contribution in [0.1, 0.15) is 5.56 Å². The van der Waals surface area contributed by atoms with Crippen LogP contribution in [0.4, 0.5) is 5.82 Å². The van der Waals surface area contributed by atoms with Gasteiger partial charge in [0, 0.05) is 31.8 Å². The Bertz CT molecular complexity index is 729. The predicted octanol–water partition coefficient (Wildman–Crippen LogP) is 1.44. The molecule has 1 heterocycles. The number of nitrogens with one attached hydrogen (secondary N) is 1. The van der Waals surface area contributed by atoms with Gasteiger partial charge in [-0.25, -0.2) is 13.4 Å². The summed E-state index contributed by atoms with van der Waals surface area (Å²) in [5.74, 6) is 0.918. The Morgan fingerprint density at radius 3 is 2.67 bits per heavy atom. The average molecular weight is 307 g/mol. The Morgan fingerprint density at radius 1 is 1.29 bits per heavy atom. The minimum Gasteiger partial charge on any atom is -0.359 e. The number of pyridine rings is 1. The van der Waals surface area contributed by atoms with Crippen LogP contribution in [0.2, 0.25) is 0 Å². The monoisotopic (exact) mass is 307 g/mol. The summed E-state index contributed by atoms with van der Waals surface area (Å²) in [5, 5.41) is 4.27. The molecular formula is C15H21N3O2S. The lowest BCUT2D eigenvalue weighted by atomic mass is 10.1. The topological polar surface area (TPSA) is 62.3 Å². The zero-order chi connectivity index (χ0) is 15.5. The van der Waals surface area contributed by atoms with Gasteiger partial charge in [-0.05, 0) is 24.7 Å². The van der Waals surface area contributed by atoms with E-state index >= 15 is 0 Å². The molecule has 1 N–H and O–H groups in total. The fraction of sp³-hybridized carbons (Fsp3) is 0.400. The third-order valence-electron chi connectivity index (χ3n) is 3.34. The highest BCUT2D eigenvalue weighted by atomic mass is 32.2. The van der Waals surface area contributed by atoms with Crippen LogP contribution in [0, 0.1) is 0 Å². The minimum absolute atomic E-state index is 0.124. The van der Waals surface area contributed by atoms with E-state index in [-0.39, 0.29) is 5.75 Å². The van der Waals surface area contributed by atoms with E-state index in [0.29, 0.717) is 6.54 Å². The second-order valence-corrected chi connectivity index (χ2v) is 7.50. The zero-order valence-corrected chi connectivity index (χ0v) is 13.4. The molecule has 1 aromatic carbocycles. The molecule has 0 saturated heterocycles. The Morgan fingerprint density at radius 2 is 2.00 bits per heavy atom. The summed E-state index contributed by atoms with van der Waals surface area (Å²) in [5.41, 5.74) is 2.08. The van der Waals surface area contributed by atoms with Crippen LogP contribution < -0.4 is 10.2 Å². The van der Waals surface area contributed by atoms with E-state index in [1.807, 2.05) is 43.3 Å². The summed E-state index contributed by atoms with van der Waals surface area (Å²) >= 11 is 0. The van der Waals surface area contributed by atoms with E-state index < -0.39 is 9.84 Å². The van der Waals surface area contributed by atoms with Crippen molar-refractivity contribution in [1.29, 1.82) is 0 Å². The first-order valence-corrected chi connectivity index (χ1v) is 8.89. The van der Waals surface area contributed by atoms with Gasteiger partial charge in [0.2, 0.25) is 0 Å². The van der Waals surface area contributed by atoms with Crippen molar-refractivity contribution >= 4 is 26.6 Å². The Labute approximate surface area is 125 Å². The van der Waals surface area contributed by atoms with E-state index in [1.165, 1.54) is 6.26 Å². The first-order valence-electron chi connectivity index (χ1n) is 6.83. The maximum atomic E-state index is 11.3. The molecule has 5 nitrogen and oxygen atoms in total. The Hall–Kier alpha value is -1.66. The predicted molar refractivity (Wildman–Crippen MR) is 87.5 cm³/mol. The van der Waals surface area contributed by atoms with Crippen molar-refractivity contribution in [1.82, 2.24) is 10.3 Å². The van der Waals surface area contributed by atoms with Gasteiger partial charge in [0.25, 0.3) is 0 Å². The highest BCUT2D eigenvalue weighted by Crippen LogP contribution is 2.22. The van der Waals surface area contributed by atoms with E-state index in [2.05, 4.69) is 16.4 Å². The van der Waals surface area contributed by atoms with Gasteiger partial charge in [-0.15, -0.1) is 0 Å². The number of fused-ring (bicyclic) bond motifs is 1. The fourth-order valence-corrected chi connectivity index (χ4v) is 2.79. The number of para-hydroxylation sites is 1. The van der Waals surface area contributed by atoms with Gasteiger partial charge >= 0.3 is 0 Å². The molecule has 0 aliphatic heterocycles. The van der Waals surface area contributed by atoms with Gasteiger partial charge in [0.1, 0.15) is 15.7 Å². The summed E-state index contributed by atoms with van der Waals surface area (Å²) in [6.45, 7) is 1.18. The van der Waals surface area contributed by atoms with Crippen LogP contribution in [0.3, 0.4) is 0 Å². The smallest absolute Gasteiger partial charge is 0.149 e. The van der Waals surface area contributed by atoms with Gasteiger partial charge in [0.15, 0.2) is 0 Å². The molecule has 0 saturated carbocycles. The summed E-state index contributed by atoms with van der Waals surface area (Å²) in [7, 11) is 0.800. The Balaban J connectivity index is 2.35. The molecule has 2 rings (SSSR count). The summed E-state index contributed by atoms with van der Waals surface area (Å²) in [6, 6.07) is 9.99. The maximum absolute atomic E-state index is 11.3. The van der Waals surface area contributed by atoms with Crippen molar-refractivity contribution in [2.24, 2.45) is 0 Å². The molecule has 0 aliphatic rings. The first-order chi connectivity index (χ1) is 9.90. The third kappa shape index (κ3) is 4.15. The molecule has 0 fully saturated rings. The molecule has 21 heavy (non-hydrogen) atoms. The van der Waals surface area contributed by atoms with Crippen LogP contribution >= 0.6 is 0 Å². The number of sulfone groups is 1. The minimum atomic E-state index is -2.97. The van der Waals surface area contributed by atoms with Crippen molar-refractivity contribution in [3.63, 3.8) is 0 Å². The largest absolute Gasteiger partial charge is 0.359 e. The van der Waals surface area contributed by atoms with Gasteiger partial charge in [0.05, 0.1) is 11.3 Å². The van der Waals surface area contributed by atoms with Crippen LogP contribution in [0.5, 0.6) is 0 Å². The number of aromatic nitrogens is 1. The first kappa shape index (κ1) is 15.7. The number of rotatable bonds is 6. The molecule has 2 aromatic rings. The highest BCUT2D eigenvalue weighted by Gasteiger charge is 2.10. The molecule has 6 heteroatoms. The SMILES string of the molecule is CNCc1cc(N(C)CCS(C)(=O)=O)nc2ccccc12. The van der Waals surface area contributed by atoms with Crippen LogP contribution in [0.15, 0.2) is 30.3 Å². The average Bonchev–Trinajstić information content (AvgIpc) is 2.44. The van der Waals surface area contributed by atoms with Gasteiger partial charge in [-0.3, -0.25) is 0 Å². The molecule has 0 radical (unpaired) electrons. The molecule has 0 amide bonds. The summed E-state index contributed by atoms with van der Waals surface area (Å²) < 4.78 is 22.6. The second-order valence-electron chi connectivity index (χ2n) is 5.24. The molecule has 0 unspecified atom stereocenters. The summed E-state index contributed by atoms with van der Waals surface area (Å²) in [4.78, 5) is 6.50. The van der Waals surface area contributed by atoms with Crippen molar-refractivity contribution < 1.29 is 8.42 Å². The van der Waals surface area contributed by atoms with Gasteiger partial charge < -0.3 is 10.2 Å². The quantitative estimate of drug-likeness (QED) is 0.875. The van der Waals surface area contributed by atoms with Crippen molar-refractivity contribution in [2.45, 2.75) is 6.54 Å². The van der Waals surface area contributed by atoms with Crippen LogP contribution in [-0.2, 0) is 16.4 Å². The molecule has 0 aliphatic carbocycles. The summed E-state index contributed by atoms with van der Waals surface area (Å²) in [6.07, 6.45) is 1.25. The lowest BCUT2D eigenvalue weighted by Gasteiger charge is -2.19. The number of benzene rings is 1. The van der Waals surface area contributed by atoms with Gasteiger partial charge in [-0.1, -0.05) is 18.2 Å². The third-order valence-corrected chi connectivity index (χ3v) is 4.27. The van der Waals surface area contributed by atoms with Gasteiger partial charge in [-0.2, -0.15) is 0 Å². The maximum Gasteiger partial charge on any atom is 0.149 e. The zero-order valence-electron chi connectivity index (χ0n) is 12.6. The van der Waals surface area contributed by atoms with E-state index in [1.54, 1.807) is 0 Å².